The van der Waals surface area contributed by atoms with E-state index in [0.29, 0.717) is 12.2 Å². The number of carboxylic acid groups (broad SMARTS) is 1. The number of nitrogens with zero attached hydrogens (tertiary/aromatic N) is 4. The molecule has 0 aliphatic heterocycles. The van der Waals surface area contributed by atoms with Gasteiger partial charge in [0.25, 0.3) is 0 Å². The van der Waals surface area contributed by atoms with Crippen LogP contribution in [0.5, 0.6) is 0 Å². The van der Waals surface area contributed by atoms with Crippen LogP contribution in [0.15, 0.2) is 30.5 Å². The number of aromatic nitrogens is 3. The number of hydrogen-bond donors (Lipinski definition) is 4. The lowest BCUT2D eigenvalue weighted by molar-refractivity contribution is 0.188. The minimum Gasteiger partial charge on any atom is -0.465 e. The van der Waals surface area contributed by atoms with Crippen LogP contribution in [0.3, 0.4) is 0 Å². The van der Waals surface area contributed by atoms with E-state index in [9.17, 15) is 14.4 Å². The molecule has 0 radical (unpaired) electrons. The van der Waals surface area contributed by atoms with Crippen molar-refractivity contribution >= 4 is 34.3 Å². The summed E-state index contributed by atoms with van der Waals surface area (Å²) >= 11 is 0. The molecule has 32 heavy (non-hydrogen) atoms. The van der Waals surface area contributed by atoms with Crippen molar-refractivity contribution in [2.45, 2.75) is 46.3 Å². The molecule has 0 aliphatic rings. The maximum absolute atomic E-state index is 14.7. The molecular weight excluding hydrogens is 413 g/mol. The summed E-state index contributed by atoms with van der Waals surface area (Å²) in [6.07, 6.45) is 0.613. The van der Waals surface area contributed by atoms with E-state index in [1.807, 2.05) is 49.7 Å². The maximum atomic E-state index is 14.7. The van der Waals surface area contributed by atoms with Crippen molar-refractivity contribution in [2.24, 2.45) is 5.92 Å². The van der Waals surface area contributed by atoms with E-state index in [4.69, 9.17) is 5.11 Å². The molecular formula is C22H26FN7O2. The quantitative estimate of drug-likeness (QED) is 0.412. The Labute approximate surface area is 185 Å². The highest BCUT2D eigenvalue weighted by Gasteiger charge is 2.24. The molecule has 10 heteroatoms. The predicted octanol–water partition coefficient (Wildman–Crippen LogP) is 4.30. The van der Waals surface area contributed by atoms with E-state index in [1.54, 1.807) is 13.1 Å². The summed E-state index contributed by atoms with van der Waals surface area (Å²) in [5.41, 5.74) is 1.65. The van der Waals surface area contributed by atoms with Crippen molar-refractivity contribution in [1.82, 2.24) is 20.1 Å². The molecule has 0 saturated carbocycles. The number of amides is 1. The van der Waals surface area contributed by atoms with Crippen molar-refractivity contribution in [1.29, 1.82) is 5.26 Å². The number of rotatable bonds is 8. The van der Waals surface area contributed by atoms with E-state index < -0.39 is 24.0 Å². The fraction of sp³-hybridized carbons (Fsp3) is 0.364. The second kappa shape index (κ2) is 9.51. The Bertz CT molecular complexity index is 1170. The van der Waals surface area contributed by atoms with Gasteiger partial charge in [-0.15, -0.1) is 0 Å². The van der Waals surface area contributed by atoms with Gasteiger partial charge in [0.05, 0.1) is 17.3 Å². The van der Waals surface area contributed by atoms with Crippen LogP contribution in [0, 0.1) is 23.1 Å². The molecule has 0 bridgehead atoms. The number of nitrogens with one attached hydrogen (secondary N) is 3. The standard InChI is InChI=1S/C22H26FN7O2/c1-5-30-18-9-16(7-6-14(18)11-25-30)27-20-15(10-24)8-17(23)21(29-20)28-19(12(2)3)13(4)26-22(31)32/h6-9,11-13,19,26H,5H2,1-4H3,(H,31,32)(H2,27,28,29)/t13-,19-/m0/s1. The summed E-state index contributed by atoms with van der Waals surface area (Å²) in [7, 11) is 0. The average molecular weight is 439 g/mol. The largest absolute Gasteiger partial charge is 0.465 e. The van der Waals surface area contributed by atoms with E-state index in [-0.39, 0.29) is 23.1 Å². The van der Waals surface area contributed by atoms with E-state index in [1.165, 1.54) is 0 Å². The number of aryl methyl sites for hydroxylation is 1. The number of pyridine rings is 1. The van der Waals surface area contributed by atoms with Crippen molar-refractivity contribution < 1.29 is 14.3 Å². The summed E-state index contributed by atoms with van der Waals surface area (Å²) in [4.78, 5) is 15.4. The van der Waals surface area contributed by atoms with Gasteiger partial charge in [0.15, 0.2) is 17.5 Å². The molecule has 0 fully saturated rings. The van der Waals surface area contributed by atoms with E-state index >= 15 is 0 Å². The van der Waals surface area contributed by atoms with Crippen LogP contribution in [0.4, 0.5) is 26.5 Å². The summed E-state index contributed by atoms with van der Waals surface area (Å²) in [6.45, 7) is 8.18. The fourth-order valence-electron chi connectivity index (χ4n) is 3.62. The van der Waals surface area contributed by atoms with Crippen molar-refractivity contribution in [3.05, 3.63) is 41.8 Å². The molecule has 0 aliphatic carbocycles. The molecule has 1 aromatic carbocycles. The lowest BCUT2D eigenvalue weighted by Crippen LogP contribution is -2.47. The van der Waals surface area contributed by atoms with Crippen LogP contribution in [0.1, 0.15) is 33.3 Å². The van der Waals surface area contributed by atoms with E-state index in [2.05, 4.69) is 26.0 Å². The van der Waals surface area contributed by atoms with Gasteiger partial charge in [0.1, 0.15) is 6.07 Å². The first-order valence-electron chi connectivity index (χ1n) is 10.3. The molecule has 2 heterocycles. The zero-order valence-electron chi connectivity index (χ0n) is 18.3. The van der Waals surface area contributed by atoms with Gasteiger partial charge in [-0.2, -0.15) is 10.4 Å². The second-order valence-corrected chi connectivity index (χ2v) is 7.84. The highest BCUT2D eigenvalue weighted by atomic mass is 19.1. The SMILES string of the molecule is CCn1ncc2ccc(Nc3nc(N[C@@H](C(C)C)[C@H](C)NC(=O)O)c(F)cc3C#N)cc21. The Morgan fingerprint density at radius 3 is 2.66 bits per heavy atom. The second-order valence-electron chi connectivity index (χ2n) is 7.84. The number of hydrogen-bond acceptors (Lipinski definition) is 6. The number of fused-ring (bicyclic) bond motifs is 1. The van der Waals surface area contributed by atoms with Crippen molar-refractivity contribution in [3.8, 4) is 6.07 Å². The van der Waals surface area contributed by atoms with Gasteiger partial charge in [-0.1, -0.05) is 13.8 Å². The Balaban J connectivity index is 1.94. The lowest BCUT2D eigenvalue weighted by atomic mass is 9.97. The number of anilines is 3. The van der Waals surface area contributed by atoms with Gasteiger partial charge < -0.3 is 21.1 Å². The molecule has 4 N–H and O–H groups in total. The van der Waals surface area contributed by atoms with Gasteiger partial charge in [-0.05, 0) is 44.0 Å². The normalized spacial score (nSPS) is 12.9. The summed E-state index contributed by atoms with van der Waals surface area (Å²) in [6, 6.07) is 7.77. The molecule has 3 aromatic rings. The van der Waals surface area contributed by atoms with Gasteiger partial charge in [-0.3, -0.25) is 4.68 Å². The Hall–Kier alpha value is -3.87. The minimum absolute atomic E-state index is 0.0261. The molecule has 0 spiro atoms. The first kappa shape index (κ1) is 22.8. The molecule has 2 aromatic heterocycles. The molecule has 168 valence electrons. The first-order chi connectivity index (χ1) is 15.2. The zero-order chi connectivity index (χ0) is 23.4. The topological polar surface area (TPSA) is 128 Å². The van der Waals surface area contributed by atoms with Gasteiger partial charge in [0.2, 0.25) is 0 Å². The van der Waals surface area contributed by atoms with Crippen molar-refractivity contribution in [3.63, 3.8) is 0 Å². The third-order valence-electron chi connectivity index (χ3n) is 5.21. The fourth-order valence-corrected chi connectivity index (χ4v) is 3.62. The molecule has 0 saturated heterocycles. The highest BCUT2D eigenvalue weighted by molar-refractivity contribution is 5.83. The van der Waals surface area contributed by atoms with Gasteiger partial charge >= 0.3 is 6.09 Å². The molecule has 9 nitrogen and oxygen atoms in total. The summed E-state index contributed by atoms with van der Waals surface area (Å²) < 4.78 is 16.6. The molecule has 3 rings (SSSR count). The van der Waals surface area contributed by atoms with Crippen LogP contribution in [-0.2, 0) is 6.54 Å². The number of halogens is 1. The third kappa shape index (κ3) is 4.88. The van der Waals surface area contributed by atoms with E-state index in [0.717, 1.165) is 17.0 Å². The number of benzene rings is 1. The van der Waals surface area contributed by atoms with Gasteiger partial charge in [0, 0.05) is 29.7 Å². The smallest absolute Gasteiger partial charge is 0.404 e. The zero-order valence-corrected chi connectivity index (χ0v) is 18.3. The van der Waals surface area contributed by atoms with Gasteiger partial charge in [-0.25, -0.2) is 14.2 Å². The third-order valence-corrected chi connectivity index (χ3v) is 5.21. The monoisotopic (exact) mass is 439 g/mol. The Morgan fingerprint density at radius 2 is 2.03 bits per heavy atom. The highest BCUT2D eigenvalue weighted by Crippen LogP contribution is 2.27. The molecule has 2 atom stereocenters. The lowest BCUT2D eigenvalue weighted by Gasteiger charge is -2.29. The number of carbonyl (C=O) groups is 1. The van der Waals surface area contributed by atoms with Crippen LogP contribution >= 0.6 is 0 Å². The van der Waals surface area contributed by atoms with Crippen LogP contribution in [0.2, 0.25) is 0 Å². The number of nitriles is 1. The minimum atomic E-state index is -1.16. The molecule has 1 amide bonds. The average Bonchev–Trinajstić information content (AvgIpc) is 3.15. The van der Waals surface area contributed by atoms with Crippen LogP contribution in [-0.4, -0.2) is 38.0 Å². The Morgan fingerprint density at radius 1 is 1.28 bits per heavy atom. The molecule has 0 unspecified atom stereocenters. The van der Waals surface area contributed by atoms with Crippen LogP contribution in [0.25, 0.3) is 10.9 Å². The predicted molar refractivity (Wildman–Crippen MR) is 120 cm³/mol. The van der Waals surface area contributed by atoms with Crippen molar-refractivity contribution in [2.75, 3.05) is 10.6 Å². The maximum Gasteiger partial charge on any atom is 0.404 e. The summed E-state index contributed by atoms with van der Waals surface area (Å²) in [5, 5.41) is 32.3. The Kier molecular flexibility index (Phi) is 6.78. The van der Waals surface area contributed by atoms with Crippen LogP contribution < -0.4 is 16.0 Å². The summed E-state index contributed by atoms with van der Waals surface area (Å²) in [5.74, 6) is -0.592. The first-order valence-corrected chi connectivity index (χ1v) is 10.3.